The Kier molecular flexibility index (Phi) is 3.98. The fourth-order valence-corrected chi connectivity index (χ4v) is 4.06. The van der Waals surface area contributed by atoms with Crippen molar-refractivity contribution in [3.8, 4) is 0 Å². The Balaban J connectivity index is 2.17. The number of rotatable bonds is 4. The molecular weight excluding hydrogens is 322 g/mol. The molecule has 1 aromatic heterocycles. The van der Waals surface area contributed by atoms with Gasteiger partial charge >= 0.3 is 0 Å². The van der Waals surface area contributed by atoms with Crippen LogP contribution in [-0.2, 0) is 16.6 Å². The zero-order chi connectivity index (χ0) is 12.3. The van der Waals surface area contributed by atoms with Gasteiger partial charge in [-0.05, 0) is 39.5 Å². The normalized spacial score (nSPS) is 11.6. The second-order valence-electron chi connectivity index (χ2n) is 3.33. The molecule has 90 valence electrons. The summed E-state index contributed by atoms with van der Waals surface area (Å²) in [6.07, 6.45) is 0. The smallest absolute Gasteiger partial charge is 0.207 e. The predicted octanol–water partition coefficient (Wildman–Crippen LogP) is 2.99. The van der Waals surface area contributed by atoms with E-state index in [1.807, 2.05) is 17.5 Å². The number of hydrogen-bond donors (Lipinski definition) is 1. The molecule has 3 nitrogen and oxygen atoms in total. The highest BCUT2D eigenvalue weighted by atomic mass is 79.9. The molecule has 6 heteroatoms. The van der Waals surface area contributed by atoms with Gasteiger partial charge in [-0.3, -0.25) is 0 Å². The summed E-state index contributed by atoms with van der Waals surface area (Å²) in [5.74, 6) is 0. The summed E-state index contributed by atoms with van der Waals surface area (Å²) in [4.78, 5) is 1.25. The zero-order valence-corrected chi connectivity index (χ0v) is 12.0. The molecule has 2 aromatic rings. The highest BCUT2D eigenvalue weighted by Crippen LogP contribution is 2.21. The monoisotopic (exact) mass is 331 g/mol. The van der Waals surface area contributed by atoms with Crippen LogP contribution in [0.15, 0.2) is 51.1 Å². The molecule has 2 rings (SSSR count). The Labute approximate surface area is 113 Å². The Morgan fingerprint density at radius 3 is 2.59 bits per heavy atom. The number of benzene rings is 1. The van der Waals surface area contributed by atoms with Gasteiger partial charge in [-0.1, -0.05) is 18.2 Å². The van der Waals surface area contributed by atoms with Crippen molar-refractivity contribution in [2.75, 3.05) is 0 Å². The van der Waals surface area contributed by atoms with Crippen LogP contribution in [0.4, 0.5) is 0 Å². The lowest BCUT2D eigenvalue weighted by molar-refractivity contribution is 0.581. The van der Waals surface area contributed by atoms with Gasteiger partial charge in [0.25, 0.3) is 0 Å². The largest absolute Gasteiger partial charge is 0.242 e. The summed E-state index contributed by atoms with van der Waals surface area (Å²) in [5.41, 5.74) is 0. The molecule has 0 bridgehead atoms. The fourth-order valence-electron chi connectivity index (χ4n) is 1.32. The summed E-state index contributed by atoms with van der Waals surface area (Å²) < 4.78 is 27.2. The average molecular weight is 332 g/mol. The lowest BCUT2D eigenvalue weighted by atomic mass is 10.4. The number of nitrogens with one attached hydrogen (secondary N) is 1. The van der Waals surface area contributed by atoms with Crippen molar-refractivity contribution in [2.24, 2.45) is 0 Å². The van der Waals surface area contributed by atoms with Gasteiger partial charge in [0.1, 0.15) is 0 Å². The van der Waals surface area contributed by atoms with Gasteiger partial charge in [-0.25, -0.2) is 13.1 Å². The van der Waals surface area contributed by atoms with Gasteiger partial charge in [-0.2, -0.15) is 0 Å². The minimum absolute atomic E-state index is 0.261. The number of thiophene rings is 1. The molecule has 1 N–H and O–H groups in total. The van der Waals surface area contributed by atoms with E-state index < -0.39 is 10.0 Å². The molecule has 0 saturated heterocycles. The third-order valence-corrected chi connectivity index (χ3v) is 5.43. The molecule has 0 radical (unpaired) electrons. The lowest BCUT2D eigenvalue weighted by Crippen LogP contribution is -2.23. The first-order valence-electron chi connectivity index (χ1n) is 4.86. The maximum absolute atomic E-state index is 12.0. The minimum atomic E-state index is -3.46. The maximum atomic E-state index is 12.0. The zero-order valence-electron chi connectivity index (χ0n) is 8.76. The van der Waals surface area contributed by atoms with Crippen molar-refractivity contribution in [1.82, 2.24) is 4.72 Å². The van der Waals surface area contributed by atoms with E-state index in [9.17, 15) is 8.42 Å². The quantitative estimate of drug-likeness (QED) is 0.936. The molecule has 0 aliphatic heterocycles. The summed E-state index contributed by atoms with van der Waals surface area (Å²) in [5, 5.41) is 1.92. The van der Waals surface area contributed by atoms with E-state index in [0.29, 0.717) is 11.0 Å². The summed E-state index contributed by atoms with van der Waals surface area (Å²) in [6, 6.07) is 10.5. The minimum Gasteiger partial charge on any atom is -0.207 e. The molecule has 1 heterocycles. The van der Waals surface area contributed by atoms with E-state index in [1.165, 1.54) is 11.3 Å². The number of hydrogen-bond acceptors (Lipinski definition) is 3. The summed E-state index contributed by atoms with van der Waals surface area (Å²) >= 11 is 4.76. The van der Waals surface area contributed by atoms with Crippen molar-refractivity contribution in [1.29, 1.82) is 0 Å². The van der Waals surface area contributed by atoms with Crippen LogP contribution in [0.3, 0.4) is 0 Å². The number of sulfonamides is 1. The number of halogens is 1. The lowest BCUT2D eigenvalue weighted by Gasteiger charge is -2.07. The van der Waals surface area contributed by atoms with Gasteiger partial charge < -0.3 is 0 Å². The molecule has 0 fully saturated rings. The predicted molar refractivity (Wildman–Crippen MR) is 72.5 cm³/mol. The molecule has 0 atom stereocenters. The molecule has 1 aromatic carbocycles. The summed E-state index contributed by atoms with van der Waals surface area (Å²) in [6.45, 7) is 0.321. The first-order valence-corrected chi connectivity index (χ1v) is 8.02. The van der Waals surface area contributed by atoms with Gasteiger partial charge in [-0.15, -0.1) is 11.3 Å². The van der Waals surface area contributed by atoms with E-state index >= 15 is 0 Å². The molecule has 0 amide bonds. The Bertz CT molecular complexity index is 594. The third kappa shape index (κ3) is 3.16. The van der Waals surface area contributed by atoms with Crippen LogP contribution >= 0.6 is 27.3 Å². The van der Waals surface area contributed by atoms with E-state index in [1.54, 1.807) is 24.3 Å². The van der Waals surface area contributed by atoms with Crippen LogP contribution in [0, 0.1) is 0 Å². The van der Waals surface area contributed by atoms with Crippen LogP contribution in [0.2, 0.25) is 0 Å². The standard InChI is InChI=1S/C11H10BrNO2S2/c12-10-5-1-2-6-11(10)17(14,15)13-8-9-4-3-7-16-9/h1-7,13H,8H2. The Hall–Kier alpha value is -0.690. The van der Waals surface area contributed by atoms with Crippen LogP contribution in [-0.4, -0.2) is 8.42 Å². The molecule has 0 aliphatic carbocycles. The van der Waals surface area contributed by atoms with Crippen molar-refractivity contribution >= 4 is 37.3 Å². The second kappa shape index (κ2) is 5.30. The SMILES string of the molecule is O=S(=O)(NCc1cccs1)c1ccccc1Br. The molecule has 0 unspecified atom stereocenters. The van der Waals surface area contributed by atoms with Gasteiger partial charge in [0.05, 0.1) is 4.90 Å². The first kappa shape index (κ1) is 12.8. The Morgan fingerprint density at radius 2 is 1.94 bits per heavy atom. The van der Waals surface area contributed by atoms with Gasteiger partial charge in [0, 0.05) is 15.9 Å². The van der Waals surface area contributed by atoms with Crippen LogP contribution in [0.25, 0.3) is 0 Å². The van der Waals surface area contributed by atoms with E-state index in [0.717, 1.165) is 4.88 Å². The van der Waals surface area contributed by atoms with Crippen LogP contribution in [0.5, 0.6) is 0 Å². The van der Waals surface area contributed by atoms with Crippen LogP contribution in [0.1, 0.15) is 4.88 Å². The molecule has 0 aliphatic rings. The molecule has 0 saturated carbocycles. The van der Waals surface area contributed by atoms with E-state index in [-0.39, 0.29) is 4.90 Å². The molecular formula is C11H10BrNO2S2. The maximum Gasteiger partial charge on any atom is 0.242 e. The highest BCUT2D eigenvalue weighted by Gasteiger charge is 2.16. The first-order chi connectivity index (χ1) is 8.09. The average Bonchev–Trinajstić information content (AvgIpc) is 2.80. The molecule has 0 spiro atoms. The Morgan fingerprint density at radius 1 is 1.18 bits per heavy atom. The summed E-state index contributed by atoms with van der Waals surface area (Å²) in [7, 11) is -3.46. The topological polar surface area (TPSA) is 46.2 Å². The van der Waals surface area contributed by atoms with E-state index in [2.05, 4.69) is 20.7 Å². The molecule has 17 heavy (non-hydrogen) atoms. The highest BCUT2D eigenvalue weighted by molar-refractivity contribution is 9.10. The van der Waals surface area contributed by atoms with Crippen molar-refractivity contribution in [3.63, 3.8) is 0 Å². The van der Waals surface area contributed by atoms with Crippen molar-refractivity contribution < 1.29 is 8.42 Å². The van der Waals surface area contributed by atoms with Crippen molar-refractivity contribution in [3.05, 3.63) is 51.1 Å². The third-order valence-electron chi connectivity index (χ3n) is 2.14. The fraction of sp³-hybridized carbons (Fsp3) is 0.0909. The second-order valence-corrected chi connectivity index (χ2v) is 6.96. The van der Waals surface area contributed by atoms with Gasteiger partial charge in [0.2, 0.25) is 10.0 Å². The van der Waals surface area contributed by atoms with Gasteiger partial charge in [0.15, 0.2) is 0 Å². The van der Waals surface area contributed by atoms with E-state index in [4.69, 9.17) is 0 Å². The van der Waals surface area contributed by atoms with Crippen molar-refractivity contribution in [2.45, 2.75) is 11.4 Å². The van der Waals surface area contributed by atoms with Crippen LogP contribution < -0.4 is 4.72 Å².